The predicted octanol–water partition coefficient (Wildman–Crippen LogP) is 1.44. The summed E-state index contributed by atoms with van der Waals surface area (Å²) in [5.41, 5.74) is 8.04. The summed E-state index contributed by atoms with van der Waals surface area (Å²) in [5, 5.41) is 7.28. The Morgan fingerprint density at radius 2 is 1.24 bits per heavy atom. The van der Waals surface area contributed by atoms with Gasteiger partial charge in [0.1, 0.15) is 0 Å². The van der Waals surface area contributed by atoms with Gasteiger partial charge in [0.25, 0.3) is 0 Å². The maximum Gasteiger partial charge on any atom is 0.152 e. The molecule has 3 aliphatic rings. The summed E-state index contributed by atoms with van der Waals surface area (Å²) in [6.45, 7) is 15.9. The van der Waals surface area contributed by atoms with E-state index in [2.05, 4.69) is 36.3 Å². The Kier molecular flexibility index (Phi) is 9.90. The van der Waals surface area contributed by atoms with E-state index in [0.717, 1.165) is 63.9 Å². The van der Waals surface area contributed by atoms with Crippen molar-refractivity contribution in [2.75, 3.05) is 107 Å². The normalized spacial score (nSPS) is 19.5. The molecule has 0 bridgehead atoms. The van der Waals surface area contributed by atoms with E-state index >= 15 is 0 Å². The molecule has 33 heavy (non-hydrogen) atoms. The number of anilines is 3. The van der Waals surface area contributed by atoms with Crippen molar-refractivity contribution in [1.82, 2.24) is 25.4 Å². The number of likely N-dealkylation sites (tertiary alicyclic amines) is 2. The molecule has 186 valence electrons. The lowest BCUT2D eigenvalue weighted by atomic mass is 10.2. The zero-order chi connectivity index (χ0) is 22.7. The van der Waals surface area contributed by atoms with E-state index < -0.39 is 0 Å². The number of hydrogen-bond acceptors (Lipinski definition) is 8. The standard InChI is InChI=1S/C25H46N8/c26-23-21-24-25(29-22-23)33(18-10-28-8-6-16-31-13-3-4-14-31)20-19-32(24)17-9-27-7-5-15-30-11-1-2-12-30/h21-22,27-28H,1-20,26H2. The highest BCUT2D eigenvalue weighted by atomic mass is 15.3. The molecule has 0 saturated carbocycles. The fourth-order valence-corrected chi connectivity index (χ4v) is 5.40. The zero-order valence-electron chi connectivity index (χ0n) is 20.6. The van der Waals surface area contributed by atoms with Crippen LogP contribution in [-0.2, 0) is 0 Å². The highest BCUT2D eigenvalue weighted by molar-refractivity contribution is 5.72. The van der Waals surface area contributed by atoms with Gasteiger partial charge in [-0.3, -0.25) is 0 Å². The molecule has 0 aliphatic carbocycles. The van der Waals surface area contributed by atoms with Gasteiger partial charge in [-0.1, -0.05) is 0 Å². The number of nitrogen functional groups attached to an aromatic ring is 1. The molecule has 8 nitrogen and oxygen atoms in total. The summed E-state index contributed by atoms with van der Waals surface area (Å²) >= 11 is 0. The Balaban J connectivity index is 1.15. The number of nitrogens with zero attached hydrogens (tertiary/aromatic N) is 5. The van der Waals surface area contributed by atoms with Crippen molar-refractivity contribution in [2.24, 2.45) is 0 Å². The summed E-state index contributed by atoms with van der Waals surface area (Å²) in [4.78, 5) is 14.8. The second-order valence-corrected chi connectivity index (χ2v) is 9.89. The van der Waals surface area contributed by atoms with Gasteiger partial charge in [0, 0.05) is 39.3 Å². The van der Waals surface area contributed by atoms with E-state index in [9.17, 15) is 0 Å². The molecule has 4 N–H and O–H groups in total. The molecule has 4 heterocycles. The molecule has 0 amide bonds. The van der Waals surface area contributed by atoms with E-state index in [1.54, 1.807) is 6.20 Å². The van der Waals surface area contributed by atoms with Gasteiger partial charge in [0.15, 0.2) is 5.82 Å². The van der Waals surface area contributed by atoms with Crippen molar-refractivity contribution in [1.29, 1.82) is 0 Å². The van der Waals surface area contributed by atoms with Crippen LogP contribution >= 0.6 is 0 Å². The fraction of sp³-hybridized carbons (Fsp3) is 0.800. The monoisotopic (exact) mass is 458 g/mol. The lowest BCUT2D eigenvalue weighted by Crippen LogP contribution is -2.46. The van der Waals surface area contributed by atoms with E-state index in [1.807, 2.05) is 0 Å². The first-order valence-corrected chi connectivity index (χ1v) is 13.4. The summed E-state index contributed by atoms with van der Waals surface area (Å²) < 4.78 is 0. The molecule has 1 aromatic heterocycles. The molecule has 0 aromatic carbocycles. The van der Waals surface area contributed by atoms with E-state index in [-0.39, 0.29) is 0 Å². The smallest absolute Gasteiger partial charge is 0.152 e. The van der Waals surface area contributed by atoms with Crippen molar-refractivity contribution in [3.63, 3.8) is 0 Å². The Bertz CT molecular complexity index is 687. The second kappa shape index (κ2) is 13.3. The molecular weight excluding hydrogens is 412 g/mol. The highest BCUT2D eigenvalue weighted by Crippen LogP contribution is 2.32. The SMILES string of the molecule is Nc1cnc2c(c1)N(CCNCCCN1CCCC1)CCN2CCNCCCN1CCCC1. The zero-order valence-corrected chi connectivity index (χ0v) is 20.6. The minimum absolute atomic E-state index is 0.749. The molecule has 4 rings (SSSR count). The summed E-state index contributed by atoms with van der Waals surface area (Å²) in [6.07, 6.45) is 9.80. The van der Waals surface area contributed by atoms with Gasteiger partial charge in [0.05, 0.1) is 17.6 Å². The molecule has 0 atom stereocenters. The lowest BCUT2D eigenvalue weighted by Gasteiger charge is -2.38. The van der Waals surface area contributed by atoms with Crippen LogP contribution in [0.1, 0.15) is 38.5 Å². The fourth-order valence-electron chi connectivity index (χ4n) is 5.40. The Morgan fingerprint density at radius 1 is 0.697 bits per heavy atom. The van der Waals surface area contributed by atoms with Gasteiger partial charge >= 0.3 is 0 Å². The highest BCUT2D eigenvalue weighted by Gasteiger charge is 2.23. The van der Waals surface area contributed by atoms with Gasteiger partial charge in [-0.05, 0) is 96.9 Å². The Morgan fingerprint density at radius 3 is 1.85 bits per heavy atom. The Hall–Kier alpha value is -1.61. The number of nitrogens with two attached hydrogens (primary N) is 1. The molecule has 2 fully saturated rings. The quantitative estimate of drug-likeness (QED) is 0.362. The van der Waals surface area contributed by atoms with Crippen LogP contribution in [0.25, 0.3) is 0 Å². The largest absolute Gasteiger partial charge is 0.397 e. The molecule has 0 radical (unpaired) electrons. The van der Waals surface area contributed by atoms with Gasteiger partial charge in [-0.25, -0.2) is 4.98 Å². The van der Waals surface area contributed by atoms with E-state index in [4.69, 9.17) is 10.7 Å². The summed E-state index contributed by atoms with van der Waals surface area (Å²) in [6, 6.07) is 2.10. The van der Waals surface area contributed by atoms with Gasteiger partial charge in [-0.15, -0.1) is 0 Å². The number of nitrogens with one attached hydrogen (secondary N) is 2. The van der Waals surface area contributed by atoms with Crippen LogP contribution in [0.15, 0.2) is 12.3 Å². The minimum Gasteiger partial charge on any atom is -0.397 e. The molecule has 2 saturated heterocycles. The second-order valence-electron chi connectivity index (χ2n) is 9.89. The molecular formula is C25H46N8. The molecule has 0 unspecified atom stereocenters. The maximum absolute atomic E-state index is 6.11. The third-order valence-electron chi connectivity index (χ3n) is 7.32. The van der Waals surface area contributed by atoms with Crippen LogP contribution in [0.5, 0.6) is 0 Å². The maximum atomic E-state index is 6.11. The molecule has 1 aromatic rings. The number of aromatic nitrogens is 1. The number of pyridine rings is 1. The van der Waals surface area contributed by atoms with Gasteiger partial charge in [-0.2, -0.15) is 0 Å². The van der Waals surface area contributed by atoms with Crippen LogP contribution in [0, 0.1) is 0 Å². The first-order valence-electron chi connectivity index (χ1n) is 13.4. The van der Waals surface area contributed by atoms with Crippen molar-refractivity contribution >= 4 is 17.2 Å². The van der Waals surface area contributed by atoms with Crippen LogP contribution in [0.3, 0.4) is 0 Å². The van der Waals surface area contributed by atoms with Crippen molar-refractivity contribution in [3.05, 3.63) is 12.3 Å². The molecule has 3 aliphatic heterocycles. The summed E-state index contributed by atoms with van der Waals surface area (Å²) in [7, 11) is 0. The first kappa shape index (κ1) is 24.5. The predicted molar refractivity (Wildman–Crippen MR) is 139 cm³/mol. The van der Waals surface area contributed by atoms with Crippen LogP contribution < -0.4 is 26.2 Å². The number of fused-ring (bicyclic) bond motifs is 1. The third kappa shape index (κ3) is 7.70. The molecule has 8 heteroatoms. The average molecular weight is 459 g/mol. The van der Waals surface area contributed by atoms with Crippen LogP contribution in [-0.4, -0.2) is 106 Å². The van der Waals surface area contributed by atoms with Crippen LogP contribution in [0.2, 0.25) is 0 Å². The molecule has 0 spiro atoms. The first-order chi connectivity index (χ1) is 16.3. The minimum atomic E-state index is 0.749. The topological polar surface area (TPSA) is 75.9 Å². The van der Waals surface area contributed by atoms with E-state index in [1.165, 1.54) is 83.5 Å². The van der Waals surface area contributed by atoms with Gasteiger partial charge in [0.2, 0.25) is 0 Å². The number of hydrogen-bond donors (Lipinski definition) is 3. The average Bonchev–Trinajstić information content (AvgIpc) is 3.53. The van der Waals surface area contributed by atoms with Crippen molar-refractivity contribution in [3.8, 4) is 0 Å². The third-order valence-corrected chi connectivity index (χ3v) is 7.32. The summed E-state index contributed by atoms with van der Waals surface area (Å²) in [5.74, 6) is 1.09. The van der Waals surface area contributed by atoms with Crippen molar-refractivity contribution < 1.29 is 0 Å². The lowest BCUT2D eigenvalue weighted by molar-refractivity contribution is 0.331. The number of rotatable bonds is 14. The van der Waals surface area contributed by atoms with Gasteiger partial charge < -0.3 is 36.0 Å². The Labute approximate surface area is 200 Å². The van der Waals surface area contributed by atoms with Crippen molar-refractivity contribution in [2.45, 2.75) is 38.5 Å². The van der Waals surface area contributed by atoms with E-state index in [0.29, 0.717) is 0 Å². The van der Waals surface area contributed by atoms with Crippen LogP contribution in [0.4, 0.5) is 17.2 Å².